The van der Waals surface area contributed by atoms with Gasteiger partial charge in [-0.2, -0.15) is 0 Å². The van der Waals surface area contributed by atoms with Gasteiger partial charge < -0.3 is 23.7 Å². The van der Waals surface area contributed by atoms with Crippen LogP contribution in [0.5, 0.6) is 0 Å². The number of nitrogens with zero attached hydrogens (tertiary/aromatic N) is 3. The number of hydrogen-bond donors (Lipinski definition) is 0. The molecule has 1 saturated heterocycles. The third-order valence-electron chi connectivity index (χ3n) is 8.55. The molecule has 0 N–H and O–H groups in total. The lowest BCUT2D eigenvalue weighted by Gasteiger charge is -2.44. The Morgan fingerprint density at radius 3 is 1.46 bits per heavy atom. The van der Waals surface area contributed by atoms with Crippen molar-refractivity contribution >= 4 is 11.9 Å². The van der Waals surface area contributed by atoms with E-state index in [1.165, 1.54) is 7.11 Å². The van der Waals surface area contributed by atoms with E-state index in [2.05, 4.69) is 10.0 Å². The van der Waals surface area contributed by atoms with E-state index >= 15 is 0 Å². The van der Waals surface area contributed by atoms with Crippen LogP contribution in [0.25, 0.3) is 10.4 Å². The Morgan fingerprint density at radius 1 is 0.660 bits per heavy atom. The van der Waals surface area contributed by atoms with Gasteiger partial charge in [0.05, 0.1) is 23.8 Å². The molecular formula is C40H35N3O7. The topological polar surface area (TPSA) is 129 Å². The molecule has 0 amide bonds. The van der Waals surface area contributed by atoms with E-state index in [9.17, 15) is 15.1 Å². The van der Waals surface area contributed by atoms with Crippen LogP contribution in [0.4, 0.5) is 0 Å². The summed E-state index contributed by atoms with van der Waals surface area (Å²) in [5.74, 6) is -1.41. The highest BCUT2D eigenvalue weighted by Gasteiger charge is 2.51. The largest absolute Gasteiger partial charge is 0.454 e. The molecule has 0 aliphatic carbocycles. The first-order chi connectivity index (χ1) is 24.5. The molecule has 10 heteroatoms. The predicted molar refractivity (Wildman–Crippen MR) is 185 cm³/mol. The summed E-state index contributed by atoms with van der Waals surface area (Å²) in [5.41, 5.74) is 11.7. The van der Waals surface area contributed by atoms with Crippen LogP contribution in [0, 0.1) is 0 Å². The Balaban J connectivity index is 1.41. The van der Waals surface area contributed by atoms with Crippen LogP contribution in [0.2, 0.25) is 0 Å². The van der Waals surface area contributed by atoms with Crippen molar-refractivity contribution in [2.45, 2.75) is 36.2 Å². The minimum absolute atomic E-state index is 0.152. The lowest BCUT2D eigenvalue weighted by molar-refractivity contribution is -0.272. The van der Waals surface area contributed by atoms with Gasteiger partial charge >= 0.3 is 11.9 Å². The third kappa shape index (κ3) is 7.29. The number of ether oxygens (including phenoxy) is 5. The second-order valence-corrected chi connectivity index (χ2v) is 11.5. The van der Waals surface area contributed by atoms with Crippen LogP contribution in [0.1, 0.15) is 37.4 Å². The molecule has 0 aromatic heterocycles. The first kappa shape index (κ1) is 34.1. The zero-order valence-corrected chi connectivity index (χ0v) is 27.2. The number of carbonyl (C=O) groups excluding carboxylic acids is 2. The molecular weight excluding hydrogens is 634 g/mol. The molecule has 1 fully saturated rings. The standard InChI is InChI=1S/C40H35N3O7/c1-46-39-36(50-38(45)29-19-9-3-10-20-29)35(49-37(44)28-17-7-2-8-18-28)34(42-43-41)33(48-39)27-47-40(30-21-11-4-12-22-30,31-23-13-5-14-24-31)32-25-15-6-16-26-32/h2-26,33-36,39H,27H2,1H3/t33?,34-,35?,36?,39+/m1/s1. The zero-order valence-electron chi connectivity index (χ0n) is 27.2. The van der Waals surface area contributed by atoms with E-state index in [0.29, 0.717) is 0 Å². The number of azide groups is 1. The van der Waals surface area contributed by atoms with E-state index in [4.69, 9.17) is 23.7 Å². The number of rotatable bonds is 12. The lowest BCUT2D eigenvalue weighted by Crippen LogP contribution is -2.61. The predicted octanol–water partition coefficient (Wildman–Crippen LogP) is 7.50. The molecule has 1 heterocycles. The summed E-state index contributed by atoms with van der Waals surface area (Å²) in [7, 11) is 1.39. The quantitative estimate of drug-likeness (QED) is 0.0442. The van der Waals surface area contributed by atoms with E-state index in [1.54, 1.807) is 60.7 Å². The molecule has 3 unspecified atom stereocenters. The maximum Gasteiger partial charge on any atom is 0.338 e. The van der Waals surface area contributed by atoms with Crippen molar-refractivity contribution in [1.82, 2.24) is 0 Å². The Kier molecular flexibility index (Phi) is 11.0. The maximum atomic E-state index is 13.5. The number of carbonyl (C=O) groups is 2. The van der Waals surface area contributed by atoms with Gasteiger partial charge in [-0.15, -0.1) is 0 Å². The highest BCUT2D eigenvalue weighted by atomic mass is 16.7. The molecule has 5 aromatic rings. The van der Waals surface area contributed by atoms with E-state index < -0.39 is 48.2 Å². The summed E-state index contributed by atoms with van der Waals surface area (Å²) >= 11 is 0. The maximum absolute atomic E-state index is 13.5. The lowest BCUT2D eigenvalue weighted by atomic mass is 9.80. The van der Waals surface area contributed by atoms with Crippen molar-refractivity contribution in [3.63, 3.8) is 0 Å². The third-order valence-corrected chi connectivity index (χ3v) is 8.55. The van der Waals surface area contributed by atoms with Crippen molar-refractivity contribution < 1.29 is 33.3 Å². The molecule has 6 rings (SSSR count). The number of benzene rings is 5. The fraction of sp³-hybridized carbons (Fsp3) is 0.200. The smallest absolute Gasteiger partial charge is 0.338 e. The summed E-state index contributed by atoms with van der Waals surface area (Å²) in [6.07, 6.45) is -4.88. The monoisotopic (exact) mass is 669 g/mol. The van der Waals surface area contributed by atoms with Crippen molar-refractivity contribution in [2.24, 2.45) is 5.11 Å². The summed E-state index contributed by atoms with van der Waals surface area (Å²) in [6, 6.07) is 44.8. The molecule has 0 saturated carbocycles. The fourth-order valence-electron chi connectivity index (χ4n) is 6.19. The van der Waals surface area contributed by atoms with Gasteiger partial charge in [0, 0.05) is 12.0 Å². The van der Waals surface area contributed by atoms with Gasteiger partial charge in [0.1, 0.15) is 11.6 Å². The minimum Gasteiger partial charge on any atom is -0.454 e. The summed E-state index contributed by atoms with van der Waals surface area (Å²) < 4.78 is 31.1. The summed E-state index contributed by atoms with van der Waals surface area (Å²) in [6.45, 7) is -0.152. The molecule has 0 spiro atoms. The molecule has 5 aromatic carbocycles. The van der Waals surface area contributed by atoms with Crippen molar-refractivity contribution in [1.29, 1.82) is 0 Å². The van der Waals surface area contributed by atoms with Gasteiger partial charge in [0.2, 0.25) is 0 Å². The molecule has 0 radical (unpaired) electrons. The number of esters is 2. The zero-order chi connectivity index (χ0) is 34.8. The van der Waals surface area contributed by atoms with Crippen LogP contribution in [-0.2, 0) is 29.3 Å². The van der Waals surface area contributed by atoms with Crippen LogP contribution in [0.3, 0.4) is 0 Å². The first-order valence-electron chi connectivity index (χ1n) is 16.1. The number of methoxy groups -OCH3 is 1. The van der Waals surface area contributed by atoms with E-state index in [0.717, 1.165) is 16.7 Å². The van der Waals surface area contributed by atoms with Gasteiger partial charge in [-0.05, 0) is 46.5 Å². The van der Waals surface area contributed by atoms with Crippen molar-refractivity contribution in [3.05, 3.63) is 190 Å². The number of hydrogen-bond acceptors (Lipinski definition) is 8. The molecule has 5 atom stereocenters. The van der Waals surface area contributed by atoms with Gasteiger partial charge in [-0.3, -0.25) is 0 Å². The van der Waals surface area contributed by atoms with Gasteiger partial charge in [0.25, 0.3) is 0 Å². The average Bonchev–Trinajstić information content (AvgIpc) is 3.18. The molecule has 252 valence electrons. The van der Waals surface area contributed by atoms with Crippen LogP contribution >= 0.6 is 0 Å². The van der Waals surface area contributed by atoms with Crippen LogP contribution < -0.4 is 0 Å². The summed E-state index contributed by atoms with van der Waals surface area (Å²) in [4.78, 5) is 30.0. The highest BCUT2D eigenvalue weighted by Crippen LogP contribution is 2.41. The summed E-state index contributed by atoms with van der Waals surface area (Å²) in [5, 5.41) is 4.06. The molecule has 1 aliphatic rings. The molecule has 1 aliphatic heterocycles. The SMILES string of the molecule is CO[C@H]1OC(COC(c2ccccc2)(c2ccccc2)c2ccccc2)[C@@H](N=[N+]=[N-])C(OC(=O)c2ccccc2)C1OC(=O)c1ccccc1. The molecule has 0 bridgehead atoms. The first-order valence-corrected chi connectivity index (χ1v) is 16.1. The van der Waals surface area contributed by atoms with Crippen LogP contribution in [-0.4, -0.2) is 56.3 Å². The Morgan fingerprint density at radius 2 is 1.06 bits per heavy atom. The van der Waals surface area contributed by atoms with E-state index in [1.807, 2.05) is 91.0 Å². The highest BCUT2D eigenvalue weighted by molar-refractivity contribution is 5.90. The van der Waals surface area contributed by atoms with Crippen molar-refractivity contribution in [3.8, 4) is 0 Å². The second kappa shape index (κ2) is 16.1. The average molecular weight is 670 g/mol. The Labute approximate surface area is 289 Å². The van der Waals surface area contributed by atoms with E-state index in [-0.39, 0.29) is 17.7 Å². The molecule has 50 heavy (non-hydrogen) atoms. The van der Waals surface area contributed by atoms with Gasteiger partial charge in [0.15, 0.2) is 18.5 Å². The normalized spacial score (nSPS) is 20.2. The van der Waals surface area contributed by atoms with Crippen LogP contribution in [0.15, 0.2) is 157 Å². The minimum atomic E-state index is -1.32. The van der Waals surface area contributed by atoms with Gasteiger partial charge in [-0.25, -0.2) is 9.59 Å². The second-order valence-electron chi connectivity index (χ2n) is 11.5. The Hall–Kier alpha value is -5.77. The van der Waals surface area contributed by atoms with Gasteiger partial charge in [-0.1, -0.05) is 133 Å². The fourth-order valence-corrected chi connectivity index (χ4v) is 6.19. The Bertz CT molecular complexity index is 1790. The van der Waals surface area contributed by atoms with Crippen molar-refractivity contribution in [2.75, 3.05) is 13.7 Å². The molecule has 10 nitrogen and oxygen atoms in total.